The van der Waals surface area contributed by atoms with E-state index in [0.29, 0.717) is 5.69 Å². The smallest absolute Gasteiger partial charge is 0.323 e. The summed E-state index contributed by atoms with van der Waals surface area (Å²) in [6, 6.07) is 12.2. The Morgan fingerprint density at radius 1 is 1.19 bits per heavy atom. The lowest BCUT2D eigenvalue weighted by Crippen LogP contribution is -2.24. The third kappa shape index (κ3) is 4.65. The second kappa shape index (κ2) is 6.95. The number of amides is 2. The molecule has 108 valence electrons. The predicted molar refractivity (Wildman–Crippen MR) is 88.2 cm³/mol. The molecule has 0 atom stereocenters. The standard InChI is InChI=1S/C16H15BrN2O2/c1-11-10-14(20)6-7-15(11)19-16(21)18-9-8-12-2-4-13(17)5-3-12/h2-10,20H,1H3,(H2,18,19,21)/b9-8+. The minimum atomic E-state index is -0.336. The third-order valence-corrected chi connectivity index (χ3v) is 3.35. The van der Waals surface area contributed by atoms with Gasteiger partial charge in [0.15, 0.2) is 0 Å². The molecule has 4 nitrogen and oxygen atoms in total. The van der Waals surface area contributed by atoms with Crippen molar-refractivity contribution in [2.75, 3.05) is 5.32 Å². The Morgan fingerprint density at radius 2 is 1.90 bits per heavy atom. The van der Waals surface area contributed by atoms with Crippen molar-refractivity contribution in [1.82, 2.24) is 5.32 Å². The van der Waals surface area contributed by atoms with Gasteiger partial charge in [-0.2, -0.15) is 0 Å². The quantitative estimate of drug-likeness (QED) is 0.727. The normalized spacial score (nSPS) is 10.6. The molecular formula is C16H15BrN2O2. The van der Waals surface area contributed by atoms with Crippen molar-refractivity contribution < 1.29 is 9.90 Å². The maximum absolute atomic E-state index is 11.8. The summed E-state index contributed by atoms with van der Waals surface area (Å²) in [7, 11) is 0. The van der Waals surface area contributed by atoms with Crippen LogP contribution < -0.4 is 10.6 Å². The van der Waals surface area contributed by atoms with Crippen LogP contribution in [-0.2, 0) is 0 Å². The van der Waals surface area contributed by atoms with Crippen molar-refractivity contribution >= 4 is 33.7 Å². The van der Waals surface area contributed by atoms with Crippen LogP contribution in [0.15, 0.2) is 53.1 Å². The van der Waals surface area contributed by atoms with E-state index in [1.807, 2.05) is 31.2 Å². The van der Waals surface area contributed by atoms with Gasteiger partial charge < -0.3 is 15.7 Å². The first-order chi connectivity index (χ1) is 10.0. The number of aryl methyl sites for hydroxylation is 1. The van der Waals surface area contributed by atoms with Gasteiger partial charge in [-0.3, -0.25) is 0 Å². The fourth-order valence-electron chi connectivity index (χ4n) is 1.73. The van der Waals surface area contributed by atoms with E-state index < -0.39 is 0 Å². The maximum Gasteiger partial charge on any atom is 0.323 e. The van der Waals surface area contributed by atoms with Crippen molar-refractivity contribution in [3.8, 4) is 5.75 Å². The summed E-state index contributed by atoms with van der Waals surface area (Å²) in [5.74, 6) is 0.175. The molecule has 21 heavy (non-hydrogen) atoms. The lowest BCUT2D eigenvalue weighted by atomic mass is 10.2. The number of rotatable bonds is 3. The number of phenols is 1. The highest BCUT2D eigenvalue weighted by molar-refractivity contribution is 9.10. The van der Waals surface area contributed by atoms with Crippen molar-refractivity contribution in [3.63, 3.8) is 0 Å². The molecule has 0 radical (unpaired) electrons. The third-order valence-electron chi connectivity index (χ3n) is 2.82. The number of hydrogen-bond donors (Lipinski definition) is 3. The summed E-state index contributed by atoms with van der Waals surface area (Å²) < 4.78 is 1.01. The minimum absolute atomic E-state index is 0.175. The number of carbonyl (C=O) groups excluding carboxylic acids is 1. The summed E-state index contributed by atoms with van der Waals surface area (Å²) in [5.41, 5.74) is 2.43. The van der Waals surface area contributed by atoms with Crippen molar-refractivity contribution in [2.24, 2.45) is 0 Å². The topological polar surface area (TPSA) is 61.4 Å². The molecule has 0 saturated carbocycles. The van der Waals surface area contributed by atoms with E-state index in [1.54, 1.807) is 24.4 Å². The molecular weight excluding hydrogens is 332 g/mol. The summed E-state index contributed by atoms with van der Waals surface area (Å²) in [6.45, 7) is 1.81. The van der Waals surface area contributed by atoms with Gasteiger partial charge in [0.25, 0.3) is 0 Å². The number of carbonyl (C=O) groups is 1. The molecule has 0 saturated heterocycles. The molecule has 3 N–H and O–H groups in total. The van der Waals surface area contributed by atoms with Crippen LogP contribution in [0.2, 0.25) is 0 Å². The highest BCUT2D eigenvalue weighted by Crippen LogP contribution is 2.19. The average molecular weight is 347 g/mol. The van der Waals surface area contributed by atoms with E-state index in [0.717, 1.165) is 15.6 Å². The average Bonchev–Trinajstić information content (AvgIpc) is 2.44. The van der Waals surface area contributed by atoms with Gasteiger partial charge in [0.05, 0.1) is 0 Å². The molecule has 2 aromatic rings. The zero-order chi connectivity index (χ0) is 15.2. The molecule has 0 bridgehead atoms. The van der Waals surface area contributed by atoms with Crippen molar-refractivity contribution in [3.05, 3.63) is 64.3 Å². The van der Waals surface area contributed by atoms with Crippen LogP contribution >= 0.6 is 15.9 Å². The Morgan fingerprint density at radius 3 is 2.57 bits per heavy atom. The number of urea groups is 1. The second-order valence-electron chi connectivity index (χ2n) is 4.48. The van der Waals surface area contributed by atoms with Gasteiger partial charge in [-0.15, -0.1) is 0 Å². The van der Waals surface area contributed by atoms with Crippen LogP contribution in [-0.4, -0.2) is 11.1 Å². The van der Waals surface area contributed by atoms with E-state index >= 15 is 0 Å². The van der Waals surface area contributed by atoms with Gasteiger partial charge in [0.2, 0.25) is 0 Å². The first-order valence-corrected chi connectivity index (χ1v) is 7.13. The number of aromatic hydroxyl groups is 1. The van der Waals surface area contributed by atoms with Crippen LogP contribution in [0.3, 0.4) is 0 Å². The molecule has 0 aliphatic rings. The van der Waals surface area contributed by atoms with Crippen LogP contribution in [0.25, 0.3) is 6.08 Å². The molecule has 0 aliphatic heterocycles. The summed E-state index contributed by atoms with van der Waals surface area (Å²) in [5, 5.41) is 14.7. The number of anilines is 1. The van der Waals surface area contributed by atoms with Gasteiger partial charge >= 0.3 is 6.03 Å². The van der Waals surface area contributed by atoms with Crippen LogP contribution in [0.5, 0.6) is 5.75 Å². The molecule has 0 unspecified atom stereocenters. The molecule has 2 amide bonds. The predicted octanol–water partition coefficient (Wildman–Crippen LogP) is 4.26. The van der Waals surface area contributed by atoms with Crippen LogP contribution in [0.4, 0.5) is 10.5 Å². The Balaban J connectivity index is 1.91. The van der Waals surface area contributed by atoms with Gasteiger partial charge in [-0.25, -0.2) is 4.79 Å². The lowest BCUT2D eigenvalue weighted by Gasteiger charge is -2.08. The van der Waals surface area contributed by atoms with Crippen molar-refractivity contribution in [2.45, 2.75) is 6.92 Å². The minimum Gasteiger partial charge on any atom is -0.508 e. The van der Waals surface area contributed by atoms with E-state index in [2.05, 4.69) is 26.6 Å². The molecule has 0 aromatic heterocycles. The highest BCUT2D eigenvalue weighted by atomic mass is 79.9. The summed E-state index contributed by atoms with van der Waals surface area (Å²) >= 11 is 3.36. The van der Waals surface area contributed by atoms with Gasteiger partial charge in [-0.1, -0.05) is 28.1 Å². The Labute approximate surface area is 131 Å². The molecule has 0 spiro atoms. The van der Waals surface area contributed by atoms with E-state index in [4.69, 9.17) is 0 Å². The molecule has 2 aromatic carbocycles. The fraction of sp³-hybridized carbons (Fsp3) is 0.0625. The van der Waals surface area contributed by atoms with E-state index in [9.17, 15) is 9.90 Å². The lowest BCUT2D eigenvalue weighted by molar-refractivity contribution is 0.255. The fourth-order valence-corrected chi connectivity index (χ4v) is 2.00. The van der Waals surface area contributed by atoms with Gasteiger partial charge in [0.1, 0.15) is 5.75 Å². The zero-order valence-electron chi connectivity index (χ0n) is 11.4. The number of hydrogen-bond acceptors (Lipinski definition) is 2. The molecule has 5 heteroatoms. The highest BCUT2D eigenvalue weighted by Gasteiger charge is 2.03. The van der Waals surface area contributed by atoms with Crippen molar-refractivity contribution in [1.29, 1.82) is 0 Å². The first-order valence-electron chi connectivity index (χ1n) is 6.34. The second-order valence-corrected chi connectivity index (χ2v) is 5.40. The Bertz CT molecular complexity index is 666. The monoisotopic (exact) mass is 346 g/mol. The SMILES string of the molecule is Cc1cc(O)ccc1NC(=O)N/C=C/c1ccc(Br)cc1. The number of halogens is 1. The Hall–Kier alpha value is -2.27. The summed E-state index contributed by atoms with van der Waals surface area (Å²) in [4.78, 5) is 11.8. The number of nitrogens with one attached hydrogen (secondary N) is 2. The first kappa shape index (κ1) is 15.1. The van der Waals surface area contributed by atoms with Crippen LogP contribution in [0, 0.1) is 6.92 Å². The largest absolute Gasteiger partial charge is 0.508 e. The molecule has 2 rings (SSSR count). The number of benzene rings is 2. The van der Waals surface area contributed by atoms with Gasteiger partial charge in [0, 0.05) is 16.4 Å². The van der Waals surface area contributed by atoms with Crippen LogP contribution in [0.1, 0.15) is 11.1 Å². The zero-order valence-corrected chi connectivity index (χ0v) is 13.0. The van der Waals surface area contributed by atoms with E-state index in [-0.39, 0.29) is 11.8 Å². The van der Waals surface area contributed by atoms with Gasteiger partial charge in [-0.05, 0) is 54.5 Å². The molecule has 0 fully saturated rings. The molecule has 0 aliphatic carbocycles. The number of phenolic OH excluding ortho intramolecular Hbond substituents is 1. The maximum atomic E-state index is 11.8. The summed E-state index contributed by atoms with van der Waals surface area (Å²) in [6.07, 6.45) is 3.38. The Kier molecular flexibility index (Phi) is 5.00. The molecule has 0 heterocycles. The van der Waals surface area contributed by atoms with E-state index in [1.165, 1.54) is 6.07 Å².